The van der Waals surface area contributed by atoms with Gasteiger partial charge in [-0.05, 0) is 12.8 Å². The molecule has 15 heavy (non-hydrogen) atoms. The second-order valence-corrected chi connectivity index (χ2v) is 5.99. The van der Waals surface area contributed by atoms with Gasteiger partial charge in [0.2, 0.25) is 0 Å². The first-order valence-corrected chi connectivity index (χ1v) is 7.28. The van der Waals surface area contributed by atoms with Crippen molar-refractivity contribution in [3.8, 4) is 0 Å². The average molecular weight is 294 g/mol. The highest BCUT2D eigenvalue weighted by Crippen LogP contribution is 2.25. The van der Waals surface area contributed by atoms with Gasteiger partial charge < -0.3 is 4.98 Å². The van der Waals surface area contributed by atoms with Gasteiger partial charge in [-0.25, -0.2) is 13.4 Å². The molecule has 1 aliphatic rings. The van der Waals surface area contributed by atoms with E-state index in [1.165, 1.54) is 16.8 Å². The van der Waals surface area contributed by atoms with E-state index in [-0.39, 0.29) is 11.1 Å². The van der Waals surface area contributed by atoms with E-state index in [9.17, 15) is 8.42 Å². The summed E-state index contributed by atoms with van der Waals surface area (Å²) in [7, 11) is -3.37. The average Bonchev–Trinajstić information content (AvgIpc) is 2.89. The third-order valence-corrected chi connectivity index (χ3v) is 5.19. The van der Waals surface area contributed by atoms with Gasteiger partial charge in [0.1, 0.15) is 0 Å². The number of hydrogen-bond donors (Lipinski definition) is 1. The van der Waals surface area contributed by atoms with Crippen molar-refractivity contribution in [3.05, 3.63) is 12.5 Å². The molecule has 2 heterocycles. The van der Waals surface area contributed by atoms with Crippen LogP contribution in [0.5, 0.6) is 0 Å². The highest BCUT2D eigenvalue weighted by atomic mass is 79.9. The molecule has 5 nitrogen and oxygen atoms in total. The number of rotatable bonds is 3. The number of aromatic nitrogens is 2. The Morgan fingerprint density at radius 2 is 2.47 bits per heavy atom. The number of sulfonamides is 1. The molecule has 2 rings (SSSR count). The summed E-state index contributed by atoms with van der Waals surface area (Å²) in [6.07, 6.45) is 4.56. The Morgan fingerprint density at radius 1 is 1.67 bits per heavy atom. The van der Waals surface area contributed by atoms with Gasteiger partial charge in [-0.1, -0.05) is 15.9 Å². The molecule has 1 atom stereocenters. The number of H-pyrrole nitrogens is 1. The quantitative estimate of drug-likeness (QED) is 0.844. The Balaban J connectivity index is 2.30. The molecule has 84 valence electrons. The maximum Gasteiger partial charge on any atom is 0.260 e. The lowest BCUT2D eigenvalue weighted by Gasteiger charge is -2.21. The fraction of sp³-hybridized carbons (Fsp3) is 0.625. The van der Waals surface area contributed by atoms with Crippen molar-refractivity contribution < 1.29 is 8.42 Å². The number of nitrogens with zero attached hydrogens (tertiary/aromatic N) is 2. The largest absolute Gasteiger partial charge is 0.335 e. The van der Waals surface area contributed by atoms with Gasteiger partial charge in [-0.2, -0.15) is 4.31 Å². The molecule has 1 aliphatic heterocycles. The summed E-state index contributed by atoms with van der Waals surface area (Å²) in [5.41, 5.74) is 0. The van der Waals surface area contributed by atoms with Gasteiger partial charge in [0.05, 0.1) is 12.5 Å². The van der Waals surface area contributed by atoms with Crippen LogP contribution in [0.3, 0.4) is 0 Å². The fourth-order valence-corrected chi connectivity index (χ4v) is 4.25. The monoisotopic (exact) mass is 293 g/mol. The van der Waals surface area contributed by atoms with Crippen molar-refractivity contribution in [1.82, 2.24) is 14.3 Å². The van der Waals surface area contributed by atoms with Gasteiger partial charge in [0, 0.05) is 17.9 Å². The van der Waals surface area contributed by atoms with Crippen LogP contribution < -0.4 is 0 Å². The second-order valence-electron chi connectivity index (χ2n) is 3.48. The molecule has 1 fully saturated rings. The highest BCUT2D eigenvalue weighted by molar-refractivity contribution is 9.09. The molecule has 0 amide bonds. The minimum atomic E-state index is -3.37. The molecule has 1 saturated heterocycles. The predicted octanol–water partition coefficient (Wildman–Crippen LogP) is 0.958. The van der Waals surface area contributed by atoms with E-state index in [1.54, 1.807) is 0 Å². The van der Waals surface area contributed by atoms with E-state index in [1.807, 2.05) is 0 Å². The van der Waals surface area contributed by atoms with Crippen LogP contribution in [0, 0.1) is 0 Å². The van der Waals surface area contributed by atoms with Crippen molar-refractivity contribution in [2.75, 3.05) is 11.9 Å². The number of aromatic amines is 1. The lowest BCUT2D eigenvalue weighted by molar-refractivity contribution is 0.412. The Labute approximate surface area is 97.1 Å². The minimum Gasteiger partial charge on any atom is -0.335 e. The van der Waals surface area contributed by atoms with Crippen LogP contribution in [0.4, 0.5) is 0 Å². The van der Waals surface area contributed by atoms with Crippen LogP contribution in [0.1, 0.15) is 12.8 Å². The molecule has 0 radical (unpaired) electrons. The van der Waals surface area contributed by atoms with Gasteiger partial charge in [-0.3, -0.25) is 0 Å². The van der Waals surface area contributed by atoms with Crippen molar-refractivity contribution in [2.45, 2.75) is 23.9 Å². The van der Waals surface area contributed by atoms with Gasteiger partial charge >= 0.3 is 0 Å². The lowest BCUT2D eigenvalue weighted by atomic mass is 10.3. The van der Waals surface area contributed by atoms with Crippen molar-refractivity contribution in [1.29, 1.82) is 0 Å². The summed E-state index contributed by atoms with van der Waals surface area (Å²) < 4.78 is 25.7. The molecule has 0 aromatic carbocycles. The lowest BCUT2D eigenvalue weighted by Crippen LogP contribution is -2.36. The van der Waals surface area contributed by atoms with Crippen LogP contribution in [0.25, 0.3) is 0 Å². The van der Waals surface area contributed by atoms with Crippen molar-refractivity contribution in [3.63, 3.8) is 0 Å². The summed E-state index contributed by atoms with van der Waals surface area (Å²) in [6, 6.07) is 0.0679. The Bertz CT molecular complexity index is 417. The third-order valence-electron chi connectivity index (χ3n) is 2.56. The standard InChI is InChI=1S/C8H12BrN3O2S/c9-4-7-2-1-3-12(7)15(13,14)8-5-10-6-11-8/h5-7H,1-4H2,(H,10,11). The van der Waals surface area contributed by atoms with Crippen LogP contribution >= 0.6 is 15.9 Å². The van der Waals surface area contributed by atoms with E-state index >= 15 is 0 Å². The molecule has 1 N–H and O–H groups in total. The highest BCUT2D eigenvalue weighted by Gasteiger charge is 2.35. The van der Waals surface area contributed by atoms with E-state index in [4.69, 9.17) is 0 Å². The van der Waals surface area contributed by atoms with Gasteiger partial charge in [0.15, 0.2) is 5.03 Å². The molecule has 7 heteroatoms. The number of nitrogens with one attached hydrogen (secondary N) is 1. The molecule has 0 bridgehead atoms. The Kier molecular flexibility index (Phi) is 3.13. The molecular formula is C8H12BrN3O2S. The van der Waals surface area contributed by atoms with Gasteiger partial charge in [0.25, 0.3) is 10.0 Å². The summed E-state index contributed by atoms with van der Waals surface area (Å²) in [5, 5.41) is 0.857. The topological polar surface area (TPSA) is 66.1 Å². The first-order chi connectivity index (χ1) is 7.16. The summed E-state index contributed by atoms with van der Waals surface area (Å²) in [4.78, 5) is 6.38. The van der Waals surface area contributed by atoms with Crippen molar-refractivity contribution in [2.24, 2.45) is 0 Å². The zero-order valence-electron chi connectivity index (χ0n) is 8.06. The van der Waals surface area contributed by atoms with Crippen LogP contribution in [-0.4, -0.2) is 40.6 Å². The zero-order chi connectivity index (χ0) is 10.9. The SMILES string of the molecule is O=S(=O)(c1cnc[nH]1)N1CCCC1CBr. The van der Waals surface area contributed by atoms with E-state index in [2.05, 4.69) is 25.9 Å². The van der Waals surface area contributed by atoms with E-state index in [0.29, 0.717) is 11.9 Å². The zero-order valence-corrected chi connectivity index (χ0v) is 10.5. The minimum absolute atomic E-state index is 0.0679. The molecule has 1 unspecified atom stereocenters. The maximum absolute atomic E-state index is 12.1. The Morgan fingerprint density at radius 3 is 3.07 bits per heavy atom. The maximum atomic E-state index is 12.1. The number of halogens is 1. The molecule has 1 aromatic heterocycles. The second kappa shape index (κ2) is 4.23. The van der Waals surface area contributed by atoms with Crippen LogP contribution in [-0.2, 0) is 10.0 Å². The third kappa shape index (κ3) is 1.95. The number of hydrogen-bond acceptors (Lipinski definition) is 3. The fourth-order valence-electron chi connectivity index (χ4n) is 1.79. The molecule has 0 aliphatic carbocycles. The summed E-state index contributed by atoms with van der Waals surface area (Å²) in [6.45, 7) is 0.595. The molecule has 0 saturated carbocycles. The normalized spacial score (nSPS) is 23.4. The predicted molar refractivity (Wildman–Crippen MR) is 59.3 cm³/mol. The molecule has 0 spiro atoms. The first kappa shape index (κ1) is 11.1. The molecule has 1 aromatic rings. The molecular weight excluding hydrogens is 282 g/mol. The smallest absolute Gasteiger partial charge is 0.260 e. The van der Waals surface area contributed by atoms with Gasteiger partial charge in [-0.15, -0.1) is 0 Å². The van der Waals surface area contributed by atoms with Crippen LogP contribution in [0.2, 0.25) is 0 Å². The summed E-state index contributed by atoms with van der Waals surface area (Å²) in [5.74, 6) is 0. The van der Waals surface area contributed by atoms with E-state index < -0.39 is 10.0 Å². The Hall–Kier alpha value is -0.400. The number of imidazole rings is 1. The number of alkyl halides is 1. The first-order valence-electron chi connectivity index (χ1n) is 4.72. The van der Waals surface area contributed by atoms with Crippen LogP contribution in [0.15, 0.2) is 17.6 Å². The van der Waals surface area contributed by atoms with Crippen molar-refractivity contribution >= 4 is 26.0 Å². The van der Waals surface area contributed by atoms with E-state index in [0.717, 1.165) is 12.8 Å². The summed E-state index contributed by atoms with van der Waals surface area (Å²) >= 11 is 3.34.